The summed E-state index contributed by atoms with van der Waals surface area (Å²) >= 11 is 5.15. The molecule has 2 aromatic heterocycles. The van der Waals surface area contributed by atoms with Crippen molar-refractivity contribution >= 4 is 86.4 Å². The van der Waals surface area contributed by atoms with Gasteiger partial charge in [-0.1, -0.05) is 6.07 Å². The van der Waals surface area contributed by atoms with E-state index in [0.29, 0.717) is 11.5 Å². The predicted molar refractivity (Wildman–Crippen MR) is 148 cm³/mol. The van der Waals surface area contributed by atoms with Crippen LogP contribution in [0.15, 0.2) is 34.9 Å². The Kier molecular flexibility index (Phi) is 12.3. The zero-order valence-electron chi connectivity index (χ0n) is 18.1. The molecule has 0 saturated carbocycles. The number of aromatic nitrogens is 2. The van der Waals surface area contributed by atoms with Gasteiger partial charge >= 0.3 is 0 Å². The Labute approximate surface area is 224 Å². The maximum Gasteiger partial charge on any atom is 0.249 e. The van der Waals surface area contributed by atoms with Gasteiger partial charge in [0.1, 0.15) is 5.69 Å². The Hall–Kier alpha value is -1.20. The lowest BCUT2D eigenvalue weighted by atomic mass is 10.1. The number of nitrogens with zero attached hydrogens (tertiary/aromatic N) is 4. The fraction of sp³-hybridized carbons (Fsp3) is 0.381. The molecule has 1 amide bonds. The van der Waals surface area contributed by atoms with Crippen LogP contribution in [0.2, 0.25) is 0 Å². The zero-order chi connectivity index (χ0) is 21.1. The summed E-state index contributed by atoms with van der Waals surface area (Å²) in [5.41, 5.74) is 6.86. The molecule has 12 heteroatoms. The summed E-state index contributed by atoms with van der Waals surface area (Å²) in [4.78, 5) is 26.7. The van der Waals surface area contributed by atoms with Crippen LogP contribution in [0.5, 0.6) is 0 Å². The molecule has 0 unspecified atom stereocenters. The third-order valence-electron chi connectivity index (χ3n) is 5.33. The Morgan fingerprint density at radius 3 is 2.64 bits per heavy atom. The van der Waals surface area contributed by atoms with E-state index in [0.717, 1.165) is 70.8 Å². The number of hydrogen-bond donors (Lipinski definition) is 2. The molecular formula is C21H28BrCl3N6OS. The number of piperazine rings is 1. The maximum absolute atomic E-state index is 11.7. The van der Waals surface area contributed by atoms with Crippen molar-refractivity contribution in [1.29, 1.82) is 0 Å². The molecule has 0 atom stereocenters. The summed E-state index contributed by atoms with van der Waals surface area (Å²) in [6, 6.07) is 7.57. The van der Waals surface area contributed by atoms with Gasteiger partial charge in [-0.15, -0.1) is 48.6 Å². The summed E-state index contributed by atoms with van der Waals surface area (Å²) in [5.74, 6) is 0.188. The number of primary amides is 1. The van der Waals surface area contributed by atoms with Gasteiger partial charge in [0.25, 0.3) is 0 Å². The maximum atomic E-state index is 11.7. The number of thiophene rings is 1. The van der Waals surface area contributed by atoms with Gasteiger partial charge < -0.3 is 20.9 Å². The molecule has 1 aromatic carbocycles. The number of nitrogens with two attached hydrogens (primary N) is 1. The number of carbonyl (C=O) groups excluding carboxylic acids is 1. The lowest BCUT2D eigenvalue weighted by molar-refractivity contribution is 0.100. The third-order valence-corrected chi connectivity index (χ3v) is 7.02. The number of fused-ring (bicyclic) bond motifs is 1. The fourth-order valence-electron chi connectivity index (χ4n) is 3.59. The van der Waals surface area contributed by atoms with Crippen molar-refractivity contribution in [3.05, 3.63) is 40.5 Å². The molecule has 1 aliphatic heterocycles. The molecule has 0 radical (unpaired) electrons. The average molecular weight is 599 g/mol. The topological polar surface area (TPSA) is 87.4 Å². The van der Waals surface area contributed by atoms with Gasteiger partial charge in [0.15, 0.2) is 0 Å². The van der Waals surface area contributed by atoms with Crippen molar-refractivity contribution in [2.75, 3.05) is 51.6 Å². The second kappa shape index (κ2) is 13.6. The number of likely N-dealkylation sites (N-methyl/N-ethyl adjacent to an activating group) is 1. The van der Waals surface area contributed by atoms with Crippen molar-refractivity contribution in [1.82, 2.24) is 19.8 Å². The SMILES string of the molecule is CN1CCN(CCCNc2ncc(Br)c(-c3cc4c(C(N)=O)cccc4s3)n2)CC1.Cl.Cl.Cl. The van der Waals surface area contributed by atoms with Gasteiger partial charge in [-0.3, -0.25) is 4.79 Å². The van der Waals surface area contributed by atoms with Crippen LogP contribution in [-0.4, -0.2) is 72.0 Å². The molecule has 4 rings (SSSR count). The largest absolute Gasteiger partial charge is 0.366 e. The van der Waals surface area contributed by atoms with Crippen molar-refractivity contribution in [2.45, 2.75) is 6.42 Å². The highest BCUT2D eigenvalue weighted by molar-refractivity contribution is 9.10. The van der Waals surface area contributed by atoms with Gasteiger partial charge in [-0.25, -0.2) is 9.97 Å². The van der Waals surface area contributed by atoms with Crippen LogP contribution in [0, 0.1) is 0 Å². The quantitative estimate of drug-likeness (QED) is 0.389. The Balaban J connectivity index is 0.00000181. The fourth-order valence-corrected chi connectivity index (χ4v) is 5.22. The minimum Gasteiger partial charge on any atom is -0.366 e. The van der Waals surface area contributed by atoms with Crippen LogP contribution >= 0.6 is 64.5 Å². The number of hydrogen-bond acceptors (Lipinski definition) is 7. The van der Waals surface area contributed by atoms with E-state index >= 15 is 0 Å². The van der Waals surface area contributed by atoms with Crippen LogP contribution < -0.4 is 11.1 Å². The monoisotopic (exact) mass is 596 g/mol. The van der Waals surface area contributed by atoms with Gasteiger partial charge in [-0.2, -0.15) is 0 Å². The van der Waals surface area contributed by atoms with Crippen LogP contribution in [0.4, 0.5) is 5.95 Å². The number of benzene rings is 1. The van der Waals surface area contributed by atoms with E-state index < -0.39 is 5.91 Å². The average Bonchev–Trinajstić information content (AvgIpc) is 3.17. The summed E-state index contributed by atoms with van der Waals surface area (Å²) in [5, 5.41) is 4.20. The first-order valence-electron chi connectivity index (χ1n) is 10.0. The lowest BCUT2D eigenvalue weighted by Gasteiger charge is -2.32. The van der Waals surface area contributed by atoms with E-state index in [2.05, 4.69) is 43.1 Å². The summed E-state index contributed by atoms with van der Waals surface area (Å²) in [6.07, 6.45) is 2.81. The minimum absolute atomic E-state index is 0. The van der Waals surface area contributed by atoms with Crippen LogP contribution in [0.3, 0.4) is 0 Å². The van der Waals surface area contributed by atoms with Crippen LogP contribution in [-0.2, 0) is 0 Å². The van der Waals surface area contributed by atoms with E-state index in [1.54, 1.807) is 23.6 Å². The van der Waals surface area contributed by atoms with Crippen molar-refractivity contribution < 1.29 is 4.79 Å². The zero-order valence-corrected chi connectivity index (χ0v) is 23.0. The standard InChI is InChI=1S/C21H25BrN6OS.3ClH/c1-27-8-10-28(11-9-27)7-3-6-24-21-25-13-16(22)19(26-21)18-12-15-14(20(23)29)4-2-5-17(15)30-18;;;/h2,4-5,12-13H,3,6-11H2,1H3,(H2,23,29)(H,24,25,26);3*1H. The summed E-state index contributed by atoms with van der Waals surface area (Å²) < 4.78 is 1.83. The van der Waals surface area contributed by atoms with Gasteiger partial charge in [0, 0.05) is 54.6 Å². The van der Waals surface area contributed by atoms with E-state index in [1.165, 1.54) is 0 Å². The van der Waals surface area contributed by atoms with E-state index in [4.69, 9.17) is 10.7 Å². The molecule has 0 bridgehead atoms. The lowest BCUT2D eigenvalue weighted by Crippen LogP contribution is -2.44. The number of amides is 1. The van der Waals surface area contributed by atoms with Crippen molar-refractivity contribution in [3.63, 3.8) is 0 Å². The first-order chi connectivity index (χ1) is 14.5. The van der Waals surface area contributed by atoms with Crippen LogP contribution in [0.1, 0.15) is 16.8 Å². The number of anilines is 1. The molecule has 7 nitrogen and oxygen atoms in total. The Morgan fingerprint density at radius 1 is 1.21 bits per heavy atom. The highest BCUT2D eigenvalue weighted by Crippen LogP contribution is 2.37. The highest BCUT2D eigenvalue weighted by atomic mass is 79.9. The molecule has 3 aromatic rings. The van der Waals surface area contributed by atoms with Crippen LogP contribution in [0.25, 0.3) is 20.7 Å². The van der Waals surface area contributed by atoms with Gasteiger partial charge in [-0.05, 0) is 54.1 Å². The molecule has 1 saturated heterocycles. The molecule has 1 aliphatic rings. The molecule has 3 heterocycles. The highest BCUT2D eigenvalue weighted by Gasteiger charge is 2.15. The molecule has 33 heavy (non-hydrogen) atoms. The number of nitrogens with one attached hydrogen (secondary N) is 1. The number of carbonyl (C=O) groups is 1. The van der Waals surface area contributed by atoms with Crippen molar-refractivity contribution in [2.24, 2.45) is 5.73 Å². The smallest absolute Gasteiger partial charge is 0.249 e. The van der Waals surface area contributed by atoms with E-state index in [9.17, 15) is 4.79 Å². The Morgan fingerprint density at radius 2 is 1.94 bits per heavy atom. The third kappa shape index (κ3) is 7.39. The normalized spacial score (nSPS) is 14.1. The number of rotatable bonds is 7. The molecular weight excluding hydrogens is 571 g/mol. The first-order valence-corrected chi connectivity index (χ1v) is 11.6. The molecule has 0 aliphatic carbocycles. The number of halogens is 4. The van der Waals surface area contributed by atoms with Gasteiger partial charge in [0.05, 0.1) is 9.35 Å². The second-order valence-electron chi connectivity index (χ2n) is 7.51. The van der Waals surface area contributed by atoms with E-state index in [-0.39, 0.29) is 37.2 Å². The summed E-state index contributed by atoms with van der Waals surface area (Å²) in [7, 11) is 2.17. The Bertz CT molecular complexity index is 1060. The molecule has 182 valence electrons. The molecule has 0 spiro atoms. The summed E-state index contributed by atoms with van der Waals surface area (Å²) in [6.45, 7) is 6.45. The first kappa shape index (κ1) is 29.8. The molecule has 1 fully saturated rings. The van der Waals surface area contributed by atoms with Gasteiger partial charge in [0.2, 0.25) is 11.9 Å². The van der Waals surface area contributed by atoms with Crippen molar-refractivity contribution in [3.8, 4) is 10.6 Å². The van der Waals surface area contributed by atoms with E-state index in [1.807, 2.05) is 18.2 Å². The second-order valence-corrected chi connectivity index (χ2v) is 9.45. The minimum atomic E-state index is -0.422. The molecule has 3 N–H and O–H groups in total. The predicted octanol–water partition coefficient (Wildman–Crippen LogP) is 4.53.